The molecule has 5 nitrogen and oxygen atoms in total. The van der Waals surface area contributed by atoms with Crippen LogP contribution < -0.4 is 15.4 Å². The molecule has 134 valence electrons. The third-order valence-electron chi connectivity index (χ3n) is 4.58. The summed E-state index contributed by atoms with van der Waals surface area (Å²) in [5.74, 6) is -0.326. The summed E-state index contributed by atoms with van der Waals surface area (Å²) < 4.78 is 5.66. The maximum absolute atomic E-state index is 13.4. The lowest BCUT2D eigenvalue weighted by molar-refractivity contribution is -0.124. The quantitative estimate of drug-likeness (QED) is 0.781. The van der Waals surface area contributed by atoms with Gasteiger partial charge in [0.05, 0.1) is 12.2 Å². The van der Waals surface area contributed by atoms with Gasteiger partial charge in [-0.3, -0.25) is 9.59 Å². The van der Waals surface area contributed by atoms with E-state index in [9.17, 15) is 9.59 Å². The number of para-hydroxylation sites is 2. The topological polar surface area (TPSA) is 72.6 Å². The number of anilines is 1. The fourth-order valence-electron chi connectivity index (χ4n) is 3.26. The summed E-state index contributed by atoms with van der Waals surface area (Å²) in [6, 6.07) is 24.3. The maximum atomic E-state index is 13.4. The molecule has 0 spiro atoms. The van der Waals surface area contributed by atoms with E-state index in [1.165, 1.54) is 0 Å². The van der Waals surface area contributed by atoms with E-state index in [2.05, 4.69) is 0 Å². The van der Waals surface area contributed by atoms with Crippen LogP contribution in [-0.4, -0.2) is 24.5 Å². The minimum atomic E-state index is -0.882. The smallest absolute Gasteiger partial charge is 0.260 e. The van der Waals surface area contributed by atoms with Crippen LogP contribution in [0.4, 0.5) is 5.69 Å². The van der Waals surface area contributed by atoms with Crippen LogP contribution in [-0.2, 0) is 4.79 Å². The van der Waals surface area contributed by atoms with Gasteiger partial charge in [0.15, 0.2) is 6.10 Å². The third kappa shape index (κ3) is 3.15. The van der Waals surface area contributed by atoms with Crippen LogP contribution in [0.15, 0.2) is 78.9 Å². The summed E-state index contributed by atoms with van der Waals surface area (Å²) in [5.41, 5.74) is 8.42. The Bertz CT molecular complexity index is 1000. The number of primary amides is 1. The predicted molar refractivity (Wildman–Crippen MR) is 104 cm³/mol. The summed E-state index contributed by atoms with van der Waals surface area (Å²) in [7, 11) is 0. The van der Waals surface area contributed by atoms with Gasteiger partial charge in [-0.1, -0.05) is 60.7 Å². The standard InChI is InChI=1S/C22H18N2O3/c23-21(25)20-14-24(18-12-6-7-13-19(18)27-20)22(26)17-11-5-4-10-16(17)15-8-2-1-3-9-15/h1-13,20H,14H2,(H2,23,25)/t20-/m0/s1. The second-order valence-corrected chi connectivity index (χ2v) is 6.30. The Morgan fingerprint density at radius 1 is 0.889 bits per heavy atom. The number of nitrogens with zero attached hydrogens (tertiary/aromatic N) is 1. The van der Waals surface area contributed by atoms with Crippen molar-refractivity contribution >= 4 is 17.5 Å². The van der Waals surface area contributed by atoms with Crippen molar-refractivity contribution in [2.24, 2.45) is 5.73 Å². The van der Waals surface area contributed by atoms with E-state index in [4.69, 9.17) is 10.5 Å². The van der Waals surface area contributed by atoms with Crippen LogP contribution in [0.25, 0.3) is 11.1 Å². The molecule has 0 aliphatic carbocycles. The molecule has 0 aromatic heterocycles. The van der Waals surface area contributed by atoms with Gasteiger partial charge in [-0.05, 0) is 29.3 Å². The fraction of sp³-hybridized carbons (Fsp3) is 0.0909. The molecule has 1 atom stereocenters. The van der Waals surface area contributed by atoms with E-state index < -0.39 is 12.0 Å². The lowest BCUT2D eigenvalue weighted by Crippen LogP contribution is -2.49. The van der Waals surface area contributed by atoms with E-state index in [1.807, 2.05) is 54.6 Å². The highest BCUT2D eigenvalue weighted by molar-refractivity contribution is 6.11. The molecule has 1 heterocycles. The predicted octanol–water partition coefficient (Wildman–Crippen LogP) is 3.25. The second-order valence-electron chi connectivity index (χ2n) is 6.30. The van der Waals surface area contributed by atoms with Gasteiger partial charge in [-0.2, -0.15) is 0 Å². The number of fused-ring (bicyclic) bond motifs is 1. The second kappa shape index (κ2) is 6.96. The average molecular weight is 358 g/mol. The minimum Gasteiger partial charge on any atom is -0.477 e. The van der Waals surface area contributed by atoms with E-state index >= 15 is 0 Å². The van der Waals surface area contributed by atoms with Crippen molar-refractivity contribution in [2.45, 2.75) is 6.10 Å². The summed E-state index contributed by atoms with van der Waals surface area (Å²) in [4.78, 5) is 26.7. The van der Waals surface area contributed by atoms with E-state index in [-0.39, 0.29) is 12.5 Å². The van der Waals surface area contributed by atoms with Crippen molar-refractivity contribution in [1.29, 1.82) is 0 Å². The molecule has 5 heteroatoms. The van der Waals surface area contributed by atoms with Gasteiger partial charge in [0.2, 0.25) is 0 Å². The summed E-state index contributed by atoms with van der Waals surface area (Å²) in [6.45, 7) is 0.0777. The van der Waals surface area contributed by atoms with Crippen LogP contribution in [0.1, 0.15) is 10.4 Å². The zero-order chi connectivity index (χ0) is 18.8. The van der Waals surface area contributed by atoms with Gasteiger partial charge in [0.25, 0.3) is 11.8 Å². The van der Waals surface area contributed by atoms with Gasteiger partial charge in [0, 0.05) is 5.56 Å². The summed E-state index contributed by atoms with van der Waals surface area (Å²) in [5, 5.41) is 0. The molecule has 27 heavy (non-hydrogen) atoms. The van der Waals surface area contributed by atoms with Crippen molar-refractivity contribution in [3.8, 4) is 16.9 Å². The number of rotatable bonds is 3. The number of ether oxygens (including phenoxy) is 1. The largest absolute Gasteiger partial charge is 0.477 e. The highest BCUT2D eigenvalue weighted by atomic mass is 16.5. The molecule has 1 aliphatic heterocycles. The SMILES string of the molecule is NC(=O)[C@@H]1CN(C(=O)c2ccccc2-c2ccccc2)c2ccccc2O1. The lowest BCUT2D eigenvalue weighted by atomic mass is 9.98. The molecule has 0 radical (unpaired) electrons. The van der Waals surface area contributed by atoms with Gasteiger partial charge in [0.1, 0.15) is 5.75 Å². The zero-order valence-corrected chi connectivity index (χ0v) is 14.5. The van der Waals surface area contributed by atoms with Crippen molar-refractivity contribution < 1.29 is 14.3 Å². The molecule has 2 N–H and O–H groups in total. The molecule has 1 aliphatic rings. The molecule has 0 saturated heterocycles. The minimum absolute atomic E-state index is 0.0777. The van der Waals surface area contributed by atoms with Gasteiger partial charge in [-0.25, -0.2) is 0 Å². The number of carbonyl (C=O) groups excluding carboxylic acids is 2. The Labute approximate surface area is 157 Å². The van der Waals surface area contributed by atoms with Crippen LogP contribution >= 0.6 is 0 Å². The number of hydrogen-bond donors (Lipinski definition) is 1. The Kier molecular flexibility index (Phi) is 4.34. The van der Waals surface area contributed by atoms with E-state index in [1.54, 1.807) is 29.2 Å². The van der Waals surface area contributed by atoms with Crippen LogP contribution in [0, 0.1) is 0 Å². The molecule has 2 amide bonds. The first-order valence-electron chi connectivity index (χ1n) is 8.66. The summed E-state index contributed by atoms with van der Waals surface area (Å²) in [6.07, 6.45) is -0.882. The molecule has 0 unspecified atom stereocenters. The molecule has 4 rings (SSSR count). The number of nitrogens with two attached hydrogens (primary N) is 1. The number of benzene rings is 3. The normalized spacial score (nSPS) is 15.6. The van der Waals surface area contributed by atoms with Crippen LogP contribution in [0.3, 0.4) is 0 Å². The van der Waals surface area contributed by atoms with Crippen LogP contribution in [0.2, 0.25) is 0 Å². The average Bonchev–Trinajstić information content (AvgIpc) is 2.73. The lowest BCUT2D eigenvalue weighted by Gasteiger charge is -2.33. The number of amides is 2. The van der Waals surface area contributed by atoms with Crippen molar-refractivity contribution in [2.75, 3.05) is 11.4 Å². The Morgan fingerprint density at radius 2 is 1.56 bits per heavy atom. The van der Waals surface area contributed by atoms with Crippen LogP contribution in [0.5, 0.6) is 5.75 Å². The van der Waals surface area contributed by atoms with Crippen molar-refractivity contribution in [3.05, 3.63) is 84.4 Å². The first kappa shape index (κ1) is 16.8. The molecule has 0 saturated carbocycles. The number of hydrogen-bond acceptors (Lipinski definition) is 3. The Balaban J connectivity index is 1.79. The first-order valence-corrected chi connectivity index (χ1v) is 8.66. The molecule has 0 bridgehead atoms. The molecular formula is C22H18N2O3. The maximum Gasteiger partial charge on any atom is 0.260 e. The first-order chi connectivity index (χ1) is 13.1. The fourth-order valence-corrected chi connectivity index (χ4v) is 3.26. The third-order valence-corrected chi connectivity index (χ3v) is 4.58. The van der Waals surface area contributed by atoms with Crippen molar-refractivity contribution in [1.82, 2.24) is 0 Å². The summed E-state index contributed by atoms with van der Waals surface area (Å²) >= 11 is 0. The molecule has 3 aromatic carbocycles. The highest BCUT2D eigenvalue weighted by Crippen LogP contribution is 2.35. The molecular weight excluding hydrogens is 340 g/mol. The molecule has 3 aromatic rings. The van der Waals surface area contributed by atoms with E-state index in [0.29, 0.717) is 17.0 Å². The number of carbonyl (C=O) groups is 2. The van der Waals surface area contributed by atoms with Crippen molar-refractivity contribution in [3.63, 3.8) is 0 Å². The molecule has 0 fully saturated rings. The highest BCUT2D eigenvalue weighted by Gasteiger charge is 2.33. The van der Waals surface area contributed by atoms with Gasteiger partial charge >= 0.3 is 0 Å². The van der Waals surface area contributed by atoms with E-state index in [0.717, 1.165) is 11.1 Å². The monoisotopic (exact) mass is 358 g/mol. The Morgan fingerprint density at radius 3 is 2.33 bits per heavy atom. The van der Waals surface area contributed by atoms with Gasteiger partial charge < -0.3 is 15.4 Å². The zero-order valence-electron chi connectivity index (χ0n) is 14.5. The van der Waals surface area contributed by atoms with Gasteiger partial charge in [-0.15, -0.1) is 0 Å². The Hall–Kier alpha value is -3.60.